The third kappa shape index (κ3) is 2.65. The molecule has 0 aliphatic rings. The van der Waals surface area contributed by atoms with E-state index in [-0.39, 0.29) is 11.3 Å². The van der Waals surface area contributed by atoms with E-state index in [0.717, 1.165) is 7.11 Å². The fourth-order valence-electron chi connectivity index (χ4n) is 1.62. The number of nitriles is 1. The lowest BCUT2D eigenvalue weighted by Gasteiger charge is -2.11. The van der Waals surface area contributed by atoms with Crippen molar-refractivity contribution >= 4 is 27.6 Å². The van der Waals surface area contributed by atoms with Crippen molar-refractivity contribution in [2.45, 2.75) is 12.8 Å². The smallest absolute Gasteiger partial charge is 0.327 e. The number of halogens is 1. The maximum atomic E-state index is 11.5. The molecule has 18 heavy (non-hydrogen) atoms. The highest BCUT2D eigenvalue weighted by Crippen LogP contribution is 2.33. The van der Waals surface area contributed by atoms with Gasteiger partial charge in [0, 0.05) is 10.5 Å². The number of rotatable bonds is 3. The molecule has 0 aliphatic carbocycles. The van der Waals surface area contributed by atoms with Gasteiger partial charge in [-0.05, 0) is 18.6 Å². The minimum Gasteiger partial charge on any atom is -0.468 e. The highest BCUT2D eigenvalue weighted by atomic mass is 79.9. The maximum absolute atomic E-state index is 11.5. The second-order valence-corrected chi connectivity index (χ2v) is 4.41. The summed E-state index contributed by atoms with van der Waals surface area (Å²) in [5.74, 6) is -2.12. The zero-order valence-corrected chi connectivity index (χ0v) is 11.2. The number of carbonyl (C=O) groups is 1. The SMILES string of the molecule is COC(=O)C(C#N)c1c(C)cc(Br)cc1[N+](=O)[O-]. The number of nitro groups is 1. The monoisotopic (exact) mass is 312 g/mol. The van der Waals surface area contributed by atoms with Crippen molar-refractivity contribution in [3.63, 3.8) is 0 Å². The normalized spacial score (nSPS) is 11.4. The number of hydrogen-bond acceptors (Lipinski definition) is 5. The standard InChI is InChI=1S/C11H9BrN2O4/c1-6-3-7(12)4-9(14(16)17)10(6)8(5-13)11(15)18-2/h3-4,8H,1-2H3. The average molecular weight is 313 g/mol. The first-order chi connectivity index (χ1) is 8.42. The van der Waals surface area contributed by atoms with Gasteiger partial charge < -0.3 is 4.74 Å². The summed E-state index contributed by atoms with van der Waals surface area (Å²) in [5, 5.41) is 20.0. The van der Waals surface area contributed by atoms with Gasteiger partial charge in [0.05, 0.1) is 23.7 Å². The van der Waals surface area contributed by atoms with Crippen molar-refractivity contribution in [2.24, 2.45) is 0 Å². The minimum atomic E-state index is -1.30. The van der Waals surface area contributed by atoms with E-state index in [2.05, 4.69) is 20.7 Å². The Morgan fingerprint density at radius 3 is 2.67 bits per heavy atom. The molecule has 1 atom stereocenters. The zero-order valence-electron chi connectivity index (χ0n) is 9.64. The van der Waals surface area contributed by atoms with Crippen molar-refractivity contribution in [1.82, 2.24) is 0 Å². The van der Waals surface area contributed by atoms with Gasteiger partial charge >= 0.3 is 5.97 Å². The molecule has 1 aromatic carbocycles. The van der Waals surface area contributed by atoms with Crippen LogP contribution in [0.3, 0.4) is 0 Å². The first-order valence-electron chi connectivity index (χ1n) is 4.84. The Bertz CT molecular complexity index is 551. The molecule has 0 heterocycles. The van der Waals surface area contributed by atoms with Gasteiger partial charge in [0.2, 0.25) is 0 Å². The first kappa shape index (κ1) is 14.1. The minimum absolute atomic E-state index is 0.0672. The fourth-order valence-corrected chi connectivity index (χ4v) is 2.18. The number of nitro benzene ring substituents is 1. The summed E-state index contributed by atoms with van der Waals surface area (Å²) in [6.45, 7) is 1.60. The van der Waals surface area contributed by atoms with Gasteiger partial charge in [-0.3, -0.25) is 14.9 Å². The number of hydrogen-bond donors (Lipinski definition) is 0. The van der Waals surface area contributed by atoms with E-state index in [0.29, 0.717) is 10.0 Å². The predicted molar refractivity (Wildman–Crippen MR) is 65.9 cm³/mol. The van der Waals surface area contributed by atoms with E-state index in [4.69, 9.17) is 5.26 Å². The molecule has 1 unspecified atom stereocenters. The van der Waals surface area contributed by atoms with Crippen LogP contribution in [0.1, 0.15) is 17.0 Å². The number of ether oxygens (including phenoxy) is 1. The van der Waals surface area contributed by atoms with Crippen LogP contribution >= 0.6 is 15.9 Å². The van der Waals surface area contributed by atoms with Crippen molar-refractivity contribution in [1.29, 1.82) is 5.26 Å². The average Bonchev–Trinajstić information content (AvgIpc) is 2.31. The third-order valence-electron chi connectivity index (χ3n) is 2.38. The molecule has 1 aromatic rings. The van der Waals surface area contributed by atoms with E-state index in [1.807, 2.05) is 0 Å². The Kier molecular flexibility index (Phi) is 4.39. The molecule has 0 saturated carbocycles. The van der Waals surface area contributed by atoms with Gasteiger partial charge in [0.15, 0.2) is 5.92 Å². The van der Waals surface area contributed by atoms with Gasteiger partial charge in [-0.15, -0.1) is 0 Å². The van der Waals surface area contributed by atoms with Crippen molar-refractivity contribution in [2.75, 3.05) is 7.11 Å². The second kappa shape index (κ2) is 5.60. The number of methoxy groups -OCH3 is 1. The summed E-state index contributed by atoms with van der Waals surface area (Å²) < 4.78 is 4.99. The van der Waals surface area contributed by atoms with Crippen LogP contribution < -0.4 is 0 Å². The Balaban J connectivity index is 3.52. The molecule has 1 rings (SSSR count). The van der Waals surface area contributed by atoms with Crippen molar-refractivity contribution < 1.29 is 14.5 Å². The molecule has 0 aromatic heterocycles. The lowest BCUT2D eigenvalue weighted by Crippen LogP contribution is -2.15. The number of esters is 1. The summed E-state index contributed by atoms with van der Waals surface area (Å²) >= 11 is 3.14. The van der Waals surface area contributed by atoms with Crippen LogP contribution in [0.2, 0.25) is 0 Å². The topological polar surface area (TPSA) is 93.2 Å². The van der Waals surface area contributed by atoms with Gasteiger partial charge in [-0.2, -0.15) is 5.26 Å². The highest BCUT2D eigenvalue weighted by molar-refractivity contribution is 9.10. The number of aryl methyl sites for hydroxylation is 1. The quantitative estimate of drug-likeness (QED) is 0.485. The van der Waals surface area contributed by atoms with Crippen LogP contribution in [0.15, 0.2) is 16.6 Å². The Morgan fingerprint density at radius 2 is 2.22 bits per heavy atom. The van der Waals surface area contributed by atoms with Gasteiger partial charge in [-0.25, -0.2) is 0 Å². The summed E-state index contributed by atoms with van der Waals surface area (Å²) in [5.41, 5.74) is 0.268. The molecule has 0 bridgehead atoms. The summed E-state index contributed by atoms with van der Waals surface area (Å²) in [4.78, 5) is 21.8. The number of carbonyl (C=O) groups excluding carboxylic acids is 1. The van der Waals surface area contributed by atoms with Crippen molar-refractivity contribution in [3.8, 4) is 6.07 Å². The molecule has 6 nitrogen and oxygen atoms in total. The summed E-state index contributed by atoms with van der Waals surface area (Å²) in [6.07, 6.45) is 0. The van der Waals surface area contributed by atoms with Crippen LogP contribution in [0, 0.1) is 28.4 Å². The van der Waals surface area contributed by atoms with E-state index in [1.165, 1.54) is 6.07 Å². The van der Waals surface area contributed by atoms with E-state index in [9.17, 15) is 14.9 Å². The Hall–Kier alpha value is -1.94. The molecular formula is C11H9BrN2O4. The van der Waals surface area contributed by atoms with Gasteiger partial charge in [-0.1, -0.05) is 15.9 Å². The third-order valence-corrected chi connectivity index (χ3v) is 2.84. The fraction of sp³-hybridized carbons (Fsp3) is 0.273. The van der Waals surface area contributed by atoms with Gasteiger partial charge in [0.25, 0.3) is 5.69 Å². The molecule has 0 aliphatic heterocycles. The molecular weight excluding hydrogens is 304 g/mol. The Labute approximate surface area is 111 Å². The zero-order chi connectivity index (χ0) is 13.9. The van der Waals surface area contributed by atoms with E-state index in [1.54, 1.807) is 19.1 Å². The molecule has 94 valence electrons. The van der Waals surface area contributed by atoms with Gasteiger partial charge in [0.1, 0.15) is 0 Å². The summed E-state index contributed by atoms with van der Waals surface area (Å²) in [7, 11) is 1.13. The van der Waals surface area contributed by atoms with Crippen LogP contribution in [0.25, 0.3) is 0 Å². The lowest BCUT2D eigenvalue weighted by atomic mass is 9.94. The van der Waals surface area contributed by atoms with Crippen molar-refractivity contribution in [3.05, 3.63) is 37.8 Å². The van der Waals surface area contributed by atoms with Crippen LogP contribution in [0.4, 0.5) is 5.69 Å². The second-order valence-electron chi connectivity index (χ2n) is 3.50. The predicted octanol–water partition coefficient (Wildman–Crippen LogP) is 2.45. The van der Waals surface area contributed by atoms with Crippen LogP contribution in [-0.2, 0) is 9.53 Å². The summed E-state index contributed by atoms with van der Waals surface area (Å²) in [6, 6.07) is 4.60. The molecule has 7 heteroatoms. The number of nitrogens with zero attached hydrogens (tertiary/aromatic N) is 2. The molecule has 0 spiro atoms. The van der Waals surface area contributed by atoms with E-state index < -0.39 is 16.8 Å². The lowest BCUT2D eigenvalue weighted by molar-refractivity contribution is -0.385. The highest BCUT2D eigenvalue weighted by Gasteiger charge is 2.31. The molecule has 0 saturated heterocycles. The largest absolute Gasteiger partial charge is 0.468 e. The number of benzene rings is 1. The molecule has 0 fully saturated rings. The first-order valence-corrected chi connectivity index (χ1v) is 5.63. The van der Waals surface area contributed by atoms with Crippen LogP contribution in [-0.4, -0.2) is 18.0 Å². The van der Waals surface area contributed by atoms with Crippen LogP contribution in [0.5, 0.6) is 0 Å². The molecule has 0 N–H and O–H groups in total. The maximum Gasteiger partial charge on any atom is 0.327 e. The molecule has 0 radical (unpaired) electrons. The van der Waals surface area contributed by atoms with E-state index >= 15 is 0 Å². The molecule has 0 amide bonds. The Morgan fingerprint density at radius 1 is 1.61 bits per heavy atom.